The average Bonchev–Trinajstić information content (AvgIpc) is 2.98. The van der Waals surface area contributed by atoms with E-state index in [1.165, 1.54) is 4.90 Å². The fraction of sp³-hybridized carbons (Fsp3) is 0.471. The summed E-state index contributed by atoms with van der Waals surface area (Å²) in [5, 5.41) is 2.89. The number of fused-ring (bicyclic) bond motifs is 1. The standard InChI is InChI=1S/C17H22N4O2/c1-5-17(11(2)3)15(22)21(16(23)19-17)10-14-18-12-8-6-7-9-13(12)20(14)4/h6-9,11H,5,10H2,1-4H3,(H,19,23)/t17-/m1/s1. The van der Waals surface area contributed by atoms with Gasteiger partial charge < -0.3 is 9.88 Å². The molecule has 0 unspecified atom stereocenters. The minimum Gasteiger partial charge on any atom is -0.330 e. The summed E-state index contributed by atoms with van der Waals surface area (Å²) in [7, 11) is 1.90. The number of imidazole rings is 1. The summed E-state index contributed by atoms with van der Waals surface area (Å²) in [5.74, 6) is 0.576. The van der Waals surface area contributed by atoms with E-state index >= 15 is 0 Å². The zero-order chi connectivity index (χ0) is 16.8. The number of hydrogen-bond donors (Lipinski definition) is 1. The lowest BCUT2D eigenvalue weighted by Crippen LogP contribution is -2.50. The molecule has 1 aromatic carbocycles. The van der Waals surface area contributed by atoms with Crippen molar-refractivity contribution in [2.45, 2.75) is 39.3 Å². The lowest BCUT2D eigenvalue weighted by molar-refractivity contribution is -0.133. The lowest BCUT2D eigenvalue weighted by Gasteiger charge is -2.29. The summed E-state index contributed by atoms with van der Waals surface area (Å²) >= 11 is 0. The van der Waals surface area contributed by atoms with Crippen molar-refractivity contribution in [3.8, 4) is 0 Å². The van der Waals surface area contributed by atoms with Crippen molar-refractivity contribution < 1.29 is 9.59 Å². The Morgan fingerprint density at radius 3 is 2.52 bits per heavy atom. The topological polar surface area (TPSA) is 67.2 Å². The number of rotatable bonds is 4. The molecule has 0 aliphatic carbocycles. The fourth-order valence-corrected chi connectivity index (χ4v) is 3.31. The van der Waals surface area contributed by atoms with Crippen LogP contribution in [0.2, 0.25) is 0 Å². The Bertz CT molecular complexity index is 780. The molecule has 0 radical (unpaired) electrons. The molecule has 0 saturated carbocycles. The number of carbonyl (C=O) groups is 2. The number of aromatic nitrogens is 2. The van der Waals surface area contributed by atoms with Gasteiger partial charge in [0, 0.05) is 7.05 Å². The summed E-state index contributed by atoms with van der Waals surface area (Å²) < 4.78 is 1.93. The third-order valence-electron chi connectivity index (χ3n) is 4.92. The van der Waals surface area contributed by atoms with Crippen molar-refractivity contribution in [1.29, 1.82) is 0 Å². The maximum absolute atomic E-state index is 12.8. The number of aryl methyl sites for hydroxylation is 1. The van der Waals surface area contributed by atoms with Gasteiger partial charge in [0.1, 0.15) is 11.4 Å². The molecule has 3 amide bonds. The van der Waals surface area contributed by atoms with Gasteiger partial charge in [-0.05, 0) is 24.5 Å². The Balaban J connectivity index is 1.94. The first-order chi connectivity index (χ1) is 10.9. The normalized spacial score (nSPS) is 21.5. The third-order valence-corrected chi connectivity index (χ3v) is 4.92. The van der Waals surface area contributed by atoms with Crippen LogP contribution in [0.1, 0.15) is 33.0 Å². The summed E-state index contributed by atoms with van der Waals surface area (Å²) in [5.41, 5.74) is 1.05. The van der Waals surface area contributed by atoms with Crippen molar-refractivity contribution in [3.05, 3.63) is 30.1 Å². The molecule has 1 fully saturated rings. The van der Waals surface area contributed by atoms with Crippen molar-refractivity contribution in [3.63, 3.8) is 0 Å². The Morgan fingerprint density at radius 1 is 1.26 bits per heavy atom. The van der Waals surface area contributed by atoms with E-state index in [-0.39, 0.29) is 24.4 Å². The Hall–Kier alpha value is -2.37. The number of nitrogens with zero attached hydrogens (tertiary/aromatic N) is 3. The van der Waals surface area contributed by atoms with Crippen LogP contribution in [0.3, 0.4) is 0 Å². The second kappa shape index (κ2) is 5.37. The van der Waals surface area contributed by atoms with Crippen LogP contribution >= 0.6 is 0 Å². The van der Waals surface area contributed by atoms with Crippen LogP contribution in [0.25, 0.3) is 11.0 Å². The minimum absolute atomic E-state index is 0.0365. The van der Waals surface area contributed by atoms with Gasteiger partial charge in [-0.2, -0.15) is 0 Å². The molecular weight excluding hydrogens is 292 g/mol. The highest BCUT2D eigenvalue weighted by atomic mass is 16.2. The van der Waals surface area contributed by atoms with Crippen molar-refractivity contribution in [2.75, 3.05) is 0 Å². The molecule has 0 bridgehead atoms. The number of carbonyl (C=O) groups excluding carboxylic acids is 2. The van der Waals surface area contributed by atoms with Crippen molar-refractivity contribution in [1.82, 2.24) is 19.8 Å². The molecule has 3 rings (SSSR count). The molecule has 2 aromatic rings. The lowest BCUT2D eigenvalue weighted by atomic mass is 9.84. The monoisotopic (exact) mass is 314 g/mol. The van der Waals surface area contributed by atoms with E-state index in [1.54, 1.807) is 0 Å². The quantitative estimate of drug-likeness (QED) is 0.881. The van der Waals surface area contributed by atoms with Gasteiger partial charge >= 0.3 is 6.03 Å². The number of nitrogens with one attached hydrogen (secondary N) is 1. The highest BCUT2D eigenvalue weighted by Crippen LogP contribution is 2.30. The molecule has 1 atom stereocenters. The zero-order valence-electron chi connectivity index (χ0n) is 14.0. The largest absolute Gasteiger partial charge is 0.330 e. The van der Waals surface area contributed by atoms with E-state index in [4.69, 9.17) is 0 Å². The average molecular weight is 314 g/mol. The number of amides is 3. The molecule has 0 spiro atoms. The van der Waals surface area contributed by atoms with Crippen LogP contribution < -0.4 is 5.32 Å². The van der Waals surface area contributed by atoms with Gasteiger partial charge in [-0.3, -0.25) is 9.69 Å². The summed E-state index contributed by atoms with van der Waals surface area (Å²) in [6, 6.07) is 7.44. The first-order valence-electron chi connectivity index (χ1n) is 7.95. The van der Waals surface area contributed by atoms with Crippen LogP contribution in [0.5, 0.6) is 0 Å². The first-order valence-corrected chi connectivity index (χ1v) is 7.95. The molecule has 1 N–H and O–H groups in total. The number of benzene rings is 1. The summed E-state index contributed by atoms with van der Waals surface area (Å²) in [6.07, 6.45) is 0.578. The second-order valence-corrected chi connectivity index (χ2v) is 6.38. The predicted molar refractivity (Wildman–Crippen MR) is 87.7 cm³/mol. The highest BCUT2D eigenvalue weighted by molar-refractivity contribution is 6.07. The molecule has 2 heterocycles. The van der Waals surface area contributed by atoms with Gasteiger partial charge in [0.05, 0.1) is 17.6 Å². The van der Waals surface area contributed by atoms with E-state index in [0.717, 1.165) is 11.0 Å². The number of para-hydroxylation sites is 2. The van der Waals surface area contributed by atoms with E-state index in [9.17, 15) is 9.59 Å². The molecule has 6 heteroatoms. The molecule has 122 valence electrons. The predicted octanol–water partition coefficient (Wildman–Crippen LogP) is 2.43. The van der Waals surface area contributed by atoms with E-state index in [0.29, 0.717) is 12.2 Å². The Labute approximate surface area is 135 Å². The van der Waals surface area contributed by atoms with Crippen LogP contribution in [-0.4, -0.2) is 31.9 Å². The highest BCUT2D eigenvalue weighted by Gasteiger charge is 2.52. The van der Waals surface area contributed by atoms with Crippen molar-refractivity contribution in [2.24, 2.45) is 13.0 Å². The Kier molecular flexibility index (Phi) is 3.62. The van der Waals surface area contributed by atoms with Crippen molar-refractivity contribution >= 4 is 23.0 Å². The van der Waals surface area contributed by atoms with Gasteiger partial charge in [0.2, 0.25) is 0 Å². The van der Waals surface area contributed by atoms with E-state index in [1.807, 2.05) is 56.7 Å². The number of imide groups is 1. The maximum Gasteiger partial charge on any atom is 0.325 e. The fourth-order valence-electron chi connectivity index (χ4n) is 3.31. The minimum atomic E-state index is -0.804. The third kappa shape index (κ3) is 2.20. The first kappa shape index (κ1) is 15.5. The zero-order valence-corrected chi connectivity index (χ0v) is 14.0. The molecule has 1 aliphatic rings. The van der Waals surface area contributed by atoms with Crippen LogP contribution in [-0.2, 0) is 18.4 Å². The summed E-state index contributed by atoms with van der Waals surface area (Å²) in [6.45, 7) is 6.03. The SMILES string of the molecule is CC[C@]1(C(C)C)NC(=O)N(Cc2nc3ccccc3n2C)C1=O. The van der Waals surface area contributed by atoms with Gasteiger partial charge in [-0.15, -0.1) is 0 Å². The molecule has 1 saturated heterocycles. The maximum atomic E-state index is 12.8. The number of urea groups is 1. The smallest absolute Gasteiger partial charge is 0.325 e. The van der Waals surface area contributed by atoms with Gasteiger partial charge in [-0.1, -0.05) is 32.9 Å². The molecule has 23 heavy (non-hydrogen) atoms. The molecule has 6 nitrogen and oxygen atoms in total. The van der Waals surface area contributed by atoms with Crippen LogP contribution in [0.4, 0.5) is 4.79 Å². The van der Waals surface area contributed by atoms with Gasteiger partial charge in [0.15, 0.2) is 0 Å². The van der Waals surface area contributed by atoms with Gasteiger partial charge in [0.25, 0.3) is 5.91 Å². The van der Waals surface area contributed by atoms with E-state index in [2.05, 4.69) is 10.3 Å². The van der Waals surface area contributed by atoms with Gasteiger partial charge in [-0.25, -0.2) is 9.78 Å². The van der Waals surface area contributed by atoms with E-state index < -0.39 is 5.54 Å². The second-order valence-electron chi connectivity index (χ2n) is 6.38. The van der Waals surface area contributed by atoms with Crippen LogP contribution in [0.15, 0.2) is 24.3 Å². The molecule has 1 aromatic heterocycles. The Morgan fingerprint density at radius 2 is 1.96 bits per heavy atom. The molecular formula is C17H22N4O2. The molecule has 1 aliphatic heterocycles. The number of hydrogen-bond acceptors (Lipinski definition) is 3. The van der Waals surface area contributed by atoms with Crippen LogP contribution in [0, 0.1) is 5.92 Å². The summed E-state index contributed by atoms with van der Waals surface area (Å²) in [4.78, 5) is 31.0.